The van der Waals surface area contributed by atoms with Crippen molar-refractivity contribution in [2.45, 2.75) is 32.0 Å². The largest absolute Gasteiger partial charge is 0.507 e. The third kappa shape index (κ3) is 6.11. The number of nitrogens with zero attached hydrogens (tertiary/aromatic N) is 2. The molecule has 0 radical (unpaired) electrons. The van der Waals surface area contributed by atoms with Crippen molar-refractivity contribution in [3.63, 3.8) is 0 Å². The zero-order chi connectivity index (χ0) is 25.6. The van der Waals surface area contributed by atoms with E-state index >= 15 is 0 Å². The van der Waals surface area contributed by atoms with E-state index < -0.39 is 60.3 Å². The van der Waals surface area contributed by atoms with Crippen molar-refractivity contribution < 1.29 is 43.9 Å². The number of hydrogen-bond acceptors (Lipinski definition) is 8. The van der Waals surface area contributed by atoms with Gasteiger partial charge in [0.1, 0.15) is 0 Å². The lowest BCUT2D eigenvalue weighted by Crippen LogP contribution is -2.77. The van der Waals surface area contributed by atoms with E-state index in [0.29, 0.717) is 0 Å². The fraction of sp³-hybridized carbons (Fsp3) is 0.333. The fourth-order valence-corrected chi connectivity index (χ4v) is 11.1. The Morgan fingerprint density at radius 3 is 1.12 bits per heavy atom. The second-order valence-electron chi connectivity index (χ2n) is 7.08. The van der Waals surface area contributed by atoms with Gasteiger partial charge in [-0.05, 0) is 37.1 Å². The SMILES string of the molecule is [N-]=[NH+]C(S(=O)(=O)CCCCS(=O)(=O)C([NH+]=[N-])S(=O)(=O)c1ccccc1)S(=O)(=O)c1ccccc1. The van der Waals surface area contributed by atoms with Crippen LogP contribution < -0.4 is 10.2 Å². The molecule has 0 amide bonds. The van der Waals surface area contributed by atoms with E-state index in [0.717, 1.165) is 24.3 Å². The second-order valence-corrected chi connectivity index (χ2v) is 16.2. The minimum Gasteiger partial charge on any atom is -0.507 e. The number of benzene rings is 2. The lowest BCUT2D eigenvalue weighted by Gasteiger charge is -2.13. The van der Waals surface area contributed by atoms with Crippen LogP contribution in [0.2, 0.25) is 0 Å². The van der Waals surface area contributed by atoms with Crippen molar-refractivity contribution >= 4 is 39.3 Å². The Kier molecular flexibility index (Phi) is 8.79. The lowest BCUT2D eigenvalue weighted by atomic mass is 10.4. The van der Waals surface area contributed by atoms with Crippen LogP contribution in [0.5, 0.6) is 0 Å². The normalized spacial score (nSPS) is 14.7. The lowest BCUT2D eigenvalue weighted by molar-refractivity contribution is -0.475. The standard InChI is InChI=1S/C18H22N4O8S4/c19-21-17(33(27,28)15-9-3-1-4-10-15)31(23,24)13-7-8-14-32(25,26)18(22-20)34(29,30)16-11-5-2-6-12-16/h1-6,9-12,17-18,21-22H,7-8,13-14H2. The summed E-state index contributed by atoms with van der Waals surface area (Å²) >= 11 is 0. The van der Waals surface area contributed by atoms with E-state index in [1.54, 1.807) is 0 Å². The van der Waals surface area contributed by atoms with E-state index in [-0.39, 0.29) is 22.6 Å². The van der Waals surface area contributed by atoms with Gasteiger partial charge in [0.25, 0.3) is 19.7 Å². The van der Waals surface area contributed by atoms with Gasteiger partial charge in [-0.3, -0.25) is 0 Å². The van der Waals surface area contributed by atoms with Crippen molar-refractivity contribution in [3.8, 4) is 0 Å². The van der Waals surface area contributed by atoms with Crippen LogP contribution in [-0.2, 0) is 39.3 Å². The smallest absolute Gasteiger partial charge is 0.344 e. The van der Waals surface area contributed by atoms with Crippen LogP contribution in [0.25, 0.3) is 11.1 Å². The average Bonchev–Trinajstić information content (AvgIpc) is 2.78. The first-order valence-corrected chi connectivity index (χ1v) is 16.1. The van der Waals surface area contributed by atoms with Crippen LogP contribution in [-0.4, -0.2) is 54.6 Å². The molecule has 0 aliphatic heterocycles. The zero-order valence-corrected chi connectivity index (χ0v) is 20.8. The number of sulfone groups is 4. The molecule has 186 valence electrons. The minimum absolute atomic E-state index is 0.351. The van der Waals surface area contributed by atoms with Crippen LogP contribution in [0.1, 0.15) is 12.8 Å². The van der Waals surface area contributed by atoms with Crippen LogP contribution in [0, 0.1) is 0 Å². The van der Waals surface area contributed by atoms with E-state index in [1.807, 2.05) is 0 Å². The molecule has 2 aromatic carbocycles. The molecular weight excluding hydrogens is 528 g/mol. The molecule has 0 fully saturated rings. The Hall–Kier alpha value is -2.56. The Labute approximate surface area is 198 Å². The molecule has 0 saturated heterocycles. The maximum atomic E-state index is 12.6. The summed E-state index contributed by atoms with van der Waals surface area (Å²) in [6.45, 7) is 0. The van der Waals surface area contributed by atoms with Crippen LogP contribution in [0.4, 0.5) is 0 Å². The van der Waals surface area contributed by atoms with E-state index in [4.69, 9.17) is 0 Å². The maximum absolute atomic E-state index is 12.6. The van der Waals surface area contributed by atoms with Crippen LogP contribution >= 0.6 is 0 Å². The molecule has 34 heavy (non-hydrogen) atoms. The van der Waals surface area contributed by atoms with Crippen molar-refractivity contribution in [3.05, 3.63) is 71.7 Å². The predicted molar refractivity (Wildman–Crippen MR) is 120 cm³/mol. The first kappa shape index (κ1) is 27.7. The third-order valence-electron chi connectivity index (χ3n) is 4.68. The Morgan fingerprint density at radius 2 is 0.853 bits per heavy atom. The second kappa shape index (κ2) is 10.8. The van der Waals surface area contributed by atoms with Gasteiger partial charge in [0.05, 0.1) is 21.3 Å². The summed E-state index contributed by atoms with van der Waals surface area (Å²) in [7, 11) is -18.1. The van der Waals surface area contributed by atoms with Gasteiger partial charge < -0.3 is 21.3 Å². The summed E-state index contributed by atoms with van der Waals surface area (Å²) in [5.74, 6) is -1.65. The summed E-state index contributed by atoms with van der Waals surface area (Å²) in [6.07, 6.45) is -0.735. The molecule has 2 N–H and O–H groups in total. The van der Waals surface area contributed by atoms with Crippen LogP contribution in [0.15, 0.2) is 70.5 Å². The van der Waals surface area contributed by atoms with Gasteiger partial charge in [0, 0.05) is 0 Å². The van der Waals surface area contributed by atoms with Gasteiger partial charge in [0.2, 0.25) is 19.7 Å². The highest BCUT2D eigenvalue weighted by atomic mass is 32.3. The van der Waals surface area contributed by atoms with Crippen molar-refractivity contribution in [1.82, 2.24) is 0 Å². The molecule has 0 aromatic heterocycles. The van der Waals surface area contributed by atoms with Crippen molar-refractivity contribution in [2.24, 2.45) is 0 Å². The van der Waals surface area contributed by atoms with Gasteiger partial charge >= 0.3 is 9.41 Å². The Morgan fingerprint density at radius 1 is 0.559 bits per heavy atom. The maximum Gasteiger partial charge on any atom is 0.344 e. The number of hydrogen-bond donors (Lipinski definition) is 2. The highest BCUT2D eigenvalue weighted by molar-refractivity contribution is 8.09. The molecule has 0 aliphatic carbocycles. The molecule has 12 nitrogen and oxygen atoms in total. The summed E-state index contributed by atoms with van der Waals surface area (Å²) in [4.78, 5) is -0.702. The van der Waals surface area contributed by atoms with Gasteiger partial charge in [-0.15, -0.1) is 0 Å². The fourth-order valence-electron chi connectivity index (χ4n) is 2.97. The molecule has 0 bridgehead atoms. The van der Waals surface area contributed by atoms with E-state index in [2.05, 4.69) is 0 Å². The zero-order valence-electron chi connectivity index (χ0n) is 17.6. The minimum atomic E-state index is -4.53. The molecule has 2 rings (SSSR count). The molecule has 16 heteroatoms. The van der Waals surface area contributed by atoms with E-state index in [9.17, 15) is 44.7 Å². The molecule has 2 unspecified atom stereocenters. The van der Waals surface area contributed by atoms with Gasteiger partial charge in [-0.25, -0.2) is 33.7 Å². The predicted octanol–water partition coefficient (Wildman–Crippen LogP) is -1.68. The first-order valence-electron chi connectivity index (χ1n) is 9.61. The summed E-state index contributed by atoms with van der Waals surface area (Å²) in [5, 5.41) is 2.57. The third-order valence-corrected chi connectivity index (χ3v) is 14.4. The average molecular weight is 551 g/mol. The van der Waals surface area contributed by atoms with Gasteiger partial charge in [0.15, 0.2) is 0 Å². The molecule has 0 saturated carbocycles. The van der Waals surface area contributed by atoms with Gasteiger partial charge in [-0.2, -0.15) is 0 Å². The van der Waals surface area contributed by atoms with Crippen LogP contribution in [0.3, 0.4) is 0 Å². The molecule has 0 aliphatic rings. The van der Waals surface area contributed by atoms with Crippen molar-refractivity contribution in [1.29, 1.82) is 0 Å². The molecule has 2 aromatic rings. The van der Waals surface area contributed by atoms with Gasteiger partial charge in [-0.1, -0.05) is 36.4 Å². The molecule has 0 heterocycles. The Balaban J connectivity index is 2.12. The summed E-state index contributed by atoms with van der Waals surface area (Å²) < 4.78 is 95.7. The summed E-state index contributed by atoms with van der Waals surface area (Å²) in [6, 6.07) is 13.1. The monoisotopic (exact) mass is 550 g/mol. The Bertz CT molecular complexity index is 1330. The number of unbranched alkanes of at least 4 members (excludes halogenated alkanes) is 1. The number of rotatable bonds is 13. The highest BCUT2D eigenvalue weighted by Gasteiger charge is 2.43. The topological polar surface area (TPSA) is 209 Å². The molecule has 2 atom stereocenters. The number of nitrogens with one attached hydrogen (secondary N) is 2. The highest BCUT2D eigenvalue weighted by Crippen LogP contribution is 2.19. The quantitative estimate of drug-likeness (QED) is 0.217. The molecule has 0 spiro atoms. The van der Waals surface area contributed by atoms with E-state index in [1.165, 1.54) is 46.6 Å². The summed E-state index contributed by atoms with van der Waals surface area (Å²) in [5.41, 5.74) is 18.5. The first-order chi connectivity index (χ1) is 15.8. The van der Waals surface area contributed by atoms with Crippen molar-refractivity contribution in [2.75, 3.05) is 11.5 Å². The molecular formula is C18H22N4O8S4.